The predicted octanol–water partition coefficient (Wildman–Crippen LogP) is 3.13. The molecule has 0 spiro atoms. The van der Waals surface area contributed by atoms with Crippen molar-refractivity contribution in [1.82, 2.24) is 10.3 Å². The number of anilines is 1. The third kappa shape index (κ3) is 4.61. The van der Waals surface area contributed by atoms with Gasteiger partial charge < -0.3 is 10.6 Å². The van der Waals surface area contributed by atoms with Gasteiger partial charge in [0.1, 0.15) is 5.82 Å². The van der Waals surface area contributed by atoms with Gasteiger partial charge >= 0.3 is 0 Å². The molecule has 2 N–H and O–H groups in total. The van der Waals surface area contributed by atoms with Crippen LogP contribution in [0, 0.1) is 5.82 Å². The van der Waals surface area contributed by atoms with Crippen LogP contribution < -0.4 is 10.6 Å². The van der Waals surface area contributed by atoms with Crippen molar-refractivity contribution in [3.8, 4) is 0 Å². The number of nitrogens with one attached hydrogen (secondary N) is 2. The third-order valence-electron chi connectivity index (χ3n) is 2.99. The maximum atomic E-state index is 13.0. The second kappa shape index (κ2) is 7.28. The highest BCUT2D eigenvalue weighted by Gasteiger charge is 2.11. The fourth-order valence-electron chi connectivity index (χ4n) is 1.81. The smallest absolute Gasteiger partial charge is 0.238 e. The summed E-state index contributed by atoms with van der Waals surface area (Å²) >= 11 is 1.62. The molecule has 4 nitrogen and oxygen atoms in total. The molecule has 0 saturated heterocycles. The van der Waals surface area contributed by atoms with Crippen molar-refractivity contribution < 1.29 is 9.18 Å². The van der Waals surface area contributed by atoms with E-state index in [1.807, 2.05) is 12.3 Å². The largest absolute Gasteiger partial charge is 0.325 e. The second-order valence-corrected chi connectivity index (χ2v) is 5.62. The number of amides is 1. The number of carbonyl (C=O) groups excluding carboxylic acids is 1. The van der Waals surface area contributed by atoms with Gasteiger partial charge in [0, 0.05) is 17.1 Å². The van der Waals surface area contributed by atoms with E-state index < -0.39 is 0 Å². The molecule has 0 aliphatic rings. The molecular weight excluding hydrogens is 289 g/mol. The summed E-state index contributed by atoms with van der Waals surface area (Å²) in [7, 11) is 0. The first-order valence-electron chi connectivity index (χ1n) is 6.81. The van der Waals surface area contributed by atoms with Gasteiger partial charge in [0.15, 0.2) is 0 Å². The molecule has 0 saturated carbocycles. The predicted molar refractivity (Wildman–Crippen MR) is 82.9 cm³/mol. The fourth-order valence-corrected chi connectivity index (χ4v) is 2.65. The summed E-state index contributed by atoms with van der Waals surface area (Å²) in [6.45, 7) is 4.17. The van der Waals surface area contributed by atoms with Gasteiger partial charge in [-0.25, -0.2) is 9.37 Å². The first-order chi connectivity index (χ1) is 10.1. The normalized spacial score (nSPS) is 12.1. The van der Waals surface area contributed by atoms with Gasteiger partial charge in [-0.2, -0.15) is 0 Å². The van der Waals surface area contributed by atoms with Gasteiger partial charge in [0.2, 0.25) is 5.91 Å². The van der Waals surface area contributed by atoms with E-state index in [1.54, 1.807) is 23.5 Å². The SMILES string of the molecule is CCc1nc([C@H](C)NCC(=O)Nc2cccc(F)c2)cs1. The molecule has 6 heteroatoms. The Labute approximate surface area is 127 Å². The molecule has 0 radical (unpaired) electrons. The zero-order valence-electron chi connectivity index (χ0n) is 12.0. The zero-order chi connectivity index (χ0) is 15.2. The van der Waals surface area contributed by atoms with Crippen LogP contribution in [-0.2, 0) is 11.2 Å². The van der Waals surface area contributed by atoms with Crippen LogP contribution in [0.5, 0.6) is 0 Å². The zero-order valence-corrected chi connectivity index (χ0v) is 12.8. The molecule has 1 atom stereocenters. The Bertz CT molecular complexity index is 614. The van der Waals surface area contributed by atoms with Crippen LogP contribution in [0.25, 0.3) is 0 Å². The summed E-state index contributed by atoms with van der Waals surface area (Å²) < 4.78 is 13.0. The quantitative estimate of drug-likeness (QED) is 0.862. The standard InChI is InChI=1S/C15H18FN3OS/c1-3-15-19-13(9-21-15)10(2)17-8-14(20)18-12-6-4-5-11(16)7-12/h4-7,9-10,17H,3,8H2,1-2H3,(H,18,20)/t10-/m0/s1. The molecule has 1 heterocycles. The Morgan fingerprint density at radius 2 is 2.29 bits per heavy atom. The Kier molecular flexibility index (Phi) is 5.41. The van der Waals surface area contributed by atoms with Crippen LogP contribution in [0.2, 0.25) is 0 Å². The van der Waals surface area contributed by atoms with Gasteiger partial charge in [-0.15, -0.1) is 11.3 Å². The summed E-state index contributed by atoms with van der Waals surface area (Å²) in [6.07, 6.45) is 0.914. The number of hydrogen-bond acceptors (Lipinski definition) is 4. The summed E-state index contributed by atoms with van der Waals surface area (Å²) in [5.41, 5.74) is 1.40. The summed E-state index contributed by atoms with van der Waals surface area (Å²) in [5.74, 6) is -0.581. The van der Waals surface area contributed by atoms with Crippen LogP contribution in [0.3, 0.4) is 0 Å². The minimum Gasteiger partial charge on any atom is -0.325 e. The van der Waals surface area contributed by atoms with Gasteiger partial charge in [-0.05, 0) is 31.5 Å². The molecule has 1 amide bonds. The summed E-state index contributed by atoms with van der Waals surface area (Å²) in [5, 5.41) is 8.84. The van der Waals surface area contributed by atoms with E-state index in [1.165, 1.54) is 12.1 Å². The van der Waals surface area contributed by atoms with Crippen LogP contribution in [0.15, 0.2) is 29.6 Å². The molecule has 1 aromatic heterocycles. The third-order valence-corrected chi connectivity index (χ3v) is 4.00. The van der Waals surface area contributed by atoms with Gasteiger partial charge in [0.25, 0.3) is 0 Å². The average Bonchev–Trinajstić information content (AvgIpc) is 2.94. The molecule has 0 unspecified atom stereocenters. The molecule has 2 rings (SSSR count). The van der Waals surface area contributed by atoms with E-state index in [0.29, 0.717) is 5.69 Å². The molecule has 21 heavy (non-hydrogen) atoms. The van der Waals surface area contributed by atoms with Crippen molar-refractivity contribution in [2.75, 3.05) is 11.9 Å². The highest BCUT2D eigenvalue weighted by Crippen LogP contribution is 2.16. The average molecular weight is 307 g/mol. The van der Waals surface area contributed by atoms with Crippen molar-refractivity contribution in [3.05, 3.63) is 46.2 Å². The molecule has 2 aromatic rings. The van der Waals surface area contributed by atoms with E-state index in [-0.39, 0.29) is 24.3 Å². The lowest BCUT2D eigenvalue weighted by molar-refractivity contribution is -0.115. The van der Waals surface area contributed by atoms with E-state index in [0.717, 1.165) is 17.1 Å². The van der Waals surface area contributed by atoms with Gasteiger partial charge in [-0.3, -0.25) is 4.79 Å². The topological polar surface area (TPSA) is 54.0 Å². The van der Waals surface area contributed by atoms with Crippen molar-refractivity contribution in [2.24, 2.45) is 0 Å². The number of halogens is 1. The molecule has 0 aliphatic carbocycles. The van der Waals surface area contributed by atoms with Crippen LogP contribution >= 0.6 is 11.3 Å². The van der Waals surface area contributed by atoms with E-state index in [2.05, 4.69) is 22.5 Å². The van der Waals surface area contributed by atoms with Gasteiger partial charge in [0.05, 0.1) is 17.2 Å². The molecule has 0 fully saturated rings. The highest BCUT2D eigenvalue weighted by molar-refractivity contribution is 7.09. The Hall–Kier alpha value is -1.79. The summed E-state index contributed by atoms with van der Waals surface area (Å²) in [6, 6.07) is 5.83. The van der Waals surface area contributed by atoms with Gasteiger partial charge in [-0.1, -0.05) is 13.0 Å². The van der Waals surface area contributed by atoms with E-state index in [9.17, 15) is 9.18 Å². The van der Waals surface area contributed by atoms with E-state index in [4.69, 9.17) is 0 Å². The van der Waals surface area contributed by atoms with Crippen LogP contribution in [0.4, 0.5) is 10.1 Å². The number of benzene rings is 1. The van der Waals surface area contributed by atoms with Crippen LogP contribution in [-0.4, -0.2) is 17.4 Å². The fraction of sp³-hybridized carbons (Fsp3) is 0.333. The maximum Gasteiger partial charge on any atom is 0.238 e. The monoisotopic (exact) mass is 307 g/mol. The Morgan fingerprint density at radius 3 is 2.95 bits per heavy atom. The number of hydrogen-bond donors (Lipinski definition) is 2. The number of aryl methyl sites for hydroxylation is 1. The molecule has 0 aliphatic heterocycles. The van der Waals surface area contributed by atoms with Crippen molar-refractivity contribution >= 4 is 22.9 Å². The summed E-state index contributed by atoms with van der Waals surface area (Å²) in [4.78, 5) is 16.3. The molecule has 112 valence electrons. The minimum atomic E-state index is -0.372. The first kappa shape index (κ1) is 15.6. The minimum absolute atomic E-state index is 0.000176. The lowest BCUT2D eigenvalue weighted by Gasteiger charge is -2.11. The lowest BCUT2D eigenvalue weighted by atomic mass is 10.2. The van der Waals surface area contributed by atoms with E-state index >= 15 is 0 Å². The molecule has 1 aromatic carbocycles. The number of nitrogens with zero attached hydrogens (tertiary/aromatic N) is 1. The highest BCUT2D eigenvalue weighted by atomic mass is 32.1. The lowest BCUT2D eigenvalue weighted by Crippen LogP contribution is -2.30. The van der Waals surface area contributed by atoms with Crippen molar-refractivity contribution in [3.63, 3.8) is 0 Å². The maximum absolute atomic E-state index is 13.0. The number of thiazole rings is 1. The van der Waals surface area contributed by atoms with Crippen molar-refractivity contribution in [1.29, 1.82) is 0 Å². The molecular formula is C15H18FN3OS. The van der Waals surface area contributed by atoms with Crippen molar-refractivity contribution in [2.45, 2.75) is 26.3 Å². The molecule has 0 bridgehead atoms. The first-order valence-corrected chi connectivity index (χ1v) is 7.69. The van der Waals surface area contributed by atoms with Crippen LogP contribution in [0.1, 0.15) is 30.6 Å². The number of aromatic nitrogens is 1. The number of rotatable bonds is 6. The Morgan fingerprint density at radius 1 is 1.48 bits per heavy atom. The Balaban J connectivity index is 1.83. The second-order valence-electron chi connectivity index (χ2n) is 4.68. The number of carbonyl (C=O) groups is 1.